The number of nitrogens with zero attached hydrogens (tertiary/aromatic N) is 2. The Balaban J connectivity index is 2.62. The lowest BCUT2D eigenvalue weighted by Crippen LogP contribution is -2.28. The van der Waals surface area contributed by atoms with Crippen molar-refractivity contribution >= 4 is 5.82 Å². The Bertz CT molecular complexity index is 372. The van der Waals surface area contributed by atoms with Crippen molar-refractivity contribution in [2.45, 2.75) is 20.4 Å². The molecule has 5 nitrogen and oxygen atoms in total. The fourth-order valence-corrected chi connectivity index (χ4v) is 1.99. The molecule has 19 heavy (non-hydrogen) atoms. The van der Waals surface area contributed by atoms with Gasteiger partial charge in [-0.15, -0.1) is 0 Å². The number of methoxy groups -OCH3 is 1. The Morgan fingerprint density at radius 1 is 1.47 bits per heavy atom. The fourth-order valence-electron chi connectivity index (χ4n) is 1.99. The van der Waals surface area contributed by atoms with Crippen LogP contribution in [0.1, 0.15) is 18.1 Å². The van der Waals surface area contributed by atoms with Gasteiger partial charge in [-0.3, -0.25) is 0 Å². The monoisotopic (exact) mass is 267 g/mol. The smallest absolute Gasteiger partial charge is 0.131 e. The van der Waals surface area contributed by atoms with Crippen LogP contribution in [0.3, 0.4) is 0 Å². The highest BCUT2D eigenvalue weighted by atomic mass is 16.5. The largest absolute Gasteiger partial charge is 0.395 e. The van der Waals surface area contributed by atoms with E-state index in [2.05, 4.69) is 35.1 Å². The summed E-state index contributed by atoms with van der Waals surface area (Å²) in [4.78, 5) is 6.59. The molecule has 0 saturated carbocycles. The topological polar surface area (TPSA) is 57.6 Å². The molecule has 0 saturated heterocycles. The summed E-state index contributed by atoms with van der Waals surface area (Å²) in [6.07, 6.45) is 1.89. The highest BCUT2D eigenvalue weighted by molar-refractivity contribution is 5.47. The van der Waals surface area contributed by atoms with Crippen LogP contribution in [0.2, 0.25) is 0 Å². The third-order valence-corrected chi connectivity index (χ3v) is 2.97. The average molecular weight is 267 g/mol. The van der Waals surface area contributed by atoms with E-state index in [4.69, 9.17) is 9.84 Å². The molecule has 0 amide bonds. The van der Waals surface area contributed by atoms with E-state index in [1.54, 1.807) is 7.11 Å². The molecule has 0 aliphatic carbocycles. The molecule has 0 aliphatic rings. The molecular formula is C14H25N3O2. The second-order valence-electron chi connectivity index (χ2n) is 4.46. The molecule has 0 spiro atoms. The van der Waals surface area contributed by atoms with Crippen LogP contribution < -0.4 is 10.2 Å². The molecule has 1 rings (SSSR count). The number of nitrogens with one attached hydrogen (secondary N) is 1. The summed E-state index contributed by atoms with van der Waals surface area (Å²) < 4.78 is 4.99. The summed E-state index contributed by atoms with van der Waals surface area (Å²) >= 11 is 0. The van der Waals surface area contributed by atoms with E-state index in [1.807, 2.05) is 6.20 Å². The molecule has 0 aromatic carbocycles. The number of aryl methyl sites for hydroxylation is 1. The Hall–Kier alpha value is -1.17. The molecule has 1 aromatic rings. The van der Waals surface area contributed by atoms with Crippen molar-refractivity contribution in [2.24, 2.45) is 0 Å². The minimum Gasteiger partial charge on any atom is -0.395 e. The molecular weight excluding hydrogens is 242 g/mol. The Labute approximate surface area is 115 Å². The second kappa shape index (κ2) is 8.85. The number of hydrogen-bond acceptors (Lipinski definition) is 5. The highest BCUT2D eigenvalue weighted by Crippen LogP contribution is 2.17. The number of aromatic nitrogens is 1. The van der Waals surface area contributed by atoms with Crippen LogP contribution in [0, 0.1) is 6.92 Å². The van der Waals surface area contributed by atoms with Crippen LogP contribution in [0.25, 0.3) is 0 Å². The molecule has 1 aromatic heterocycles. The summed E-state index contributed by atoms with van der Waals surface area (Å²) in [5.41, 5.74) is 2.30. The summed E-state index contributed by atoms with van der Waals surface area (Å²) in [6.45, 7) is 8.08. The first kappa shape index (κ1) is 15.9. The maximum Gasteiger partial charge on any atom is 0.131 e. The third kappa shape index (κ3) is 5.14. The molecule has 1 heterocycles. The SMILES string of the molecule is CCN(CCO)c1ncc(CNCCOC)cc1C. The van der Waals surface area contributed by atoms with Crippen molar-refractivity contribution in [2.75, 3.05) is 44.9 Å². The third-order valence-electron chi connectivity index (χ3n) is 2.97. The summed E-state index contributed by atoms with van der Waals surface area (Å²) in [7, 11) is 1.70. The molecule has 2 N–H and O–H groups in total. The Morgan fingerprint density at radius 2 is 2.26 bits per heavy atom. The number of aliphatic hydroxyl groups is 1. The lowest BCUT2D eigenvalue weighted by molar-refractivity contribution is 0.199. The first-order chi connectivity index (χ1) is 9.22. The van der Waals surface area contributed by atoms with Gasteiger partial charge in [0.2, 0.25) is 0 Å². The summed E-state index contributed by atoms with van der Waals surface area (Å²) in [5.74, 6) is 0.956. The van der Waals surface area contributed by atoms with Crippen LogP contribution in [0.4, 0.5) is 5.82 Å². The van der Waals surface area contributed by atoms with Gasteiger partial charge in [0.25, 0.3) is 0 Å². The van der Waals surface area contributed by atoms with Crippen LogP contribution in [0.15, 0.2) is 12.3 Å². The van der Waals surface area contributed by atoms with E-state index < -0.39 is 0 Å². The van der Waals surface area contributed by atoms with Crippen LogP contribution in [-0.2, 0) is 11.3 Å². The standard InChI is InChI=1S/C14H25N3O2/c1-4-17(6-7-18)14-12(2)9-13(11-16-14)10-15-5-8-19-3/h9,11,15,18H,4-8,10H2,1-3H3. The molecule has 0 radical (unpaired) electrons. The highest BCUT2D eigenvalue weighted by Gasteiger charge is 2.08. The molecule has 5 heteroatoms. The number of pyridine rings is 1. The lowest BCUT2D eigenvalue weighted by atomic mass is 10.2. The molecule has 0 unspecified atom stereocenters. The fraction of sp³-hybridized carbons (Fsp3) is 0.643. The zero-order valence-electron chi connectivity index (χ0n) is 12.1. The maximum atomic E-state index is 9.05. The van der Waals surface area contributed by atoms with E-state index in [1.165, 1.54) is 0 Å². The second-order valence-corrected chi connectivity index (χ2v) is 4.46. The molecule has 0 aliphatic heterocycles. The van der Waals surface area contributed by atoms with Crippen molar-refractivity contribution in [1.29, 1.82) is 0 Å². The zero-order chi connectivity index (χ0) is 14.1. The van der Waals surface area contributed by atoms with Gasteiger partial charge in [-0.05, 0) is 31.0 Å². The molecule has 0 fully saturated rings. The van der Waals surface area contributed by atoms with Crippen molar-refractivity contribution in [3.05, 3.63) is 23.4 Å². The number of anilines is 1. The van der Waals surface area contributed by atoms with Gasteiger partial charge in [0.15, 0.2) is 0 Å². The lowest BCUT2D eigenvalue weighted by Gasteiger charge is -2.23. The van der Waals surface area contributed by atoms with E-state index in [0.29, 0.717) is 13.2 Å². The average Bonchev–Trinajstić information content (AvgIpc) is 2.42. The van der Waals surface area contributed by atoms with Gasteiger partial charge in [0.05, 0.1) is 13.2 Å². The van der Waals surface area contributed by atoms with Gasteiger partial charge in [-0.1, -0.05) is 0 Å². The number of hydrogen-bond donors (Lipinski definition) is 2. The molecule has 0 atom stereocenters. The number of rotatable bonds is 9. The minimum atomic E-state index is 0.148. The summed E-state index contributed by atoms with van der Waals surface area (Å²) in [5, 5.41) is 12.3. The summed E-state index contributed by atoms with van der Waals surface area (Å²) in [6, 6.07) is 2.14. The van der Waals surface area contributed by atoms with E-state index in [9.17, 15) is 0 Å². The van der Waals surface area contributed by atoms with Gasteiger partial charge >= 0.3 is 0 Å². The Morgan fingerprint density at radius 3 is 2.84 bits per heavy atom. The maximum absolute atomic E-state index is 9.05. The molecule has 108 valence electrons. The molecule has 0 bridgehead atoms. The predicted molar refractivity (Wildman–Crippen MR) is 77.5 cm³/mol. The minimum absolute atomic E-state index is 0.148. The van der Waals surface area contributed by atoms with Crippen molar-refractivity contribution in [3.8, 4) is 0 Å². The van der Waals surface area contributed by atoms with Gasteiger partial charge in [0.1, 0.15) is 5.82 Å². The van der Waals surface area contributed by atoms with E-state index in [-0.39, 0.29) is 6.61 Å². The quantitative estimate of drug-likeness (QED) is 0.652. The number of ether oxygens (including phenoxy) is 1. The predicted octanol–water partition coefficient (Wildman–Crippen LogP) is 0.945. The zero-order valence-corrected chi connectivity index (χ0v) is 12.1. The van der Waals surface area contributed by atoms with E-state index >= 15 is 0 Å². The van der Waals surface area contributed by atoms with Crippen LogP contribution in [0.5, 0.6) is 0 Å². The Kier molecular flexibility index (Phi) is 7.40. The van der Waals surface area contributed by atoms with Crippen molar-refractivity contribution < 1.29 is 9.84 Å². The van der Waals surface area contributed by atoms with Crippen molar-refractivity contribution in [3.63, 3.8) is 0 Å². The van der Waals surface area contributed by atoms with Gasteiger partial charge < -0.3 is 20.1 Å². The van der Waals surface area contributed by atoms with Gasteiger partial charge in [0, 0.05) is 39.5 Å². The van der Waals surface area contributed by atoms with Gasteiger partial charge in [-0.25, -0.2) is 4.98 Å². The van der Waals surface area contributed by atoms with Crippen LogP contribution >= 0.6 is 0 Å². The first-order valence-corrected chi connectivity index (χ1v) is 6.73. The van der Waals surface area contributed by atoms with Crippen molar-refractivity contribution in [1.82, 2.24) is 10.3 Å². The van der Waals surface area contributed by atoms with Crippen LogP contribution in [-0.4, -0.2) is 50.0 Å². The number of likely N-dealkylation sites (N-methyl/N-ethyl adjacent to an activating group) is 1. The number of aliphatic hydroxyl groups excluding tert-OH is 1. The van der Waals surface area contributed by atoms with Gasteiger partial charge in [-0.2, -0.15) is 0 Å². The van der Waals surface area contributed by atoms with E-state index in [0.717, 1.165) is 36.6 Å². The normalized spacial score (nSPS) is 10.7. The first-order valence-electron chi connectivity index (χ1n) is 6.73.